The van der Waals surface area contributed by atoms with E-state index < -0.39 is 11.6 Å². The largest absolute Gasteiger partial charge is 0.384 e. The van der Waals surface area contributed by atoms with Gasteiger partial charge in [0.2, 0.25) is 0 Å². The molecule has 3 nitrogen and oxygen atoms in total. The van der Waals surface area contributed by atoms with E-state index in [2.05, 4.69) is 0 Å². The first-order chi connectivity index (χ1) is 9.93. The molecule has 21 heavy (non-hydrogen) atoms. The Kier molecular flexibility index (Phi) is 4.21. The van der Waals surface area contributed by atoms with Gasteiger partial charge in [-0.15, -0.1) is 0 Å². The second-order valence-corrected chi connectivity index (χ2v) is 4.79. The number of nitrogen functional groups attached to an aromatic ring is 1. The van der Waals surface area contributed by atoms with E-state index in [0.29, 0.717) is 12.2 Å². The van der Waals surface area contributed by atoms with Crippen molar-refractivity contribution in [3.8, 4) is 0 Å². The quantitative estimate of drug-likeness (QED) is 0.666. The van der Waals surface area contributed by atoms with Crippen LogP contribution in [0.3, 0.4) is 0 Å². The van der Waals surface area contributed by atoms with E-state index in [1.165, 1.54) is 0 Å². The molecule has 0 atom stereocenters. The summed E-state index contributed by atoms with van der Waals surface area (Å²) in [5, 5.41) is 7.27. The third kappa shape index (κ3) is 3.02. The Morgan fingerprint density at radius 3 is 2.29 bits per heavy atom. The molecule has 0 heterocycles. The minimum absolute atomic E-state index is 0.0362. The van der Waals surface area contributed by atoms with Crippen LogP contribution in [-0.2, 0) is 0 Å². The molecule has 0 aliphatic heterocycles. The first-order valence-corrected chi connectivity index (χ1v) is 6.61. The number of anilines is 2. The molecular formula is C16H17F2N3. The summed E-state index contributed by atoms with van der Waals surface area (Å²) in [6.45, 7) is 4.15. The number of nitrogens with two attached hydrogens (primary N) is 1. The van der Waals surface area contributed by atoms with Crippen LogP contribution in [0.4, 0.5) is 20.2 Å². The average molecular weight is 289 g/mol. The van der Waals surface area contributed by atoms with Gasteiger partial charge in [0.15, 0.2) is 11.6 Å². The Balaban J connectivity index is 2.55. The summed E-state index contributed by atoms with van der Waals surface area (Å²) in [7, 11) is 0. The van der Waals surface area contributed by atoms with Crippen molar-refractivity contribution < 1.29 is 8.78 Å². The van der Waals surface area contributed by atoms with E-state index in [4.69, 9.17) is 11.1 Å². The lowest BCUT2D eigenvalue weighted by molar-refractivity contribution is 0.580. The van der Waals surface area contributed by atoms with Crippen LogP contribution in [0.25, 0.3) is 0 Å². The fourth-order valence-corrected chi connectivity index (χ4v) is 2.24. The summed E-state index contributed by atoms with van der Waals surface area (Å²) in [5.74, 6) is -1.83. The monoisotopic (exact) mass is 289 g/mol. The van der Waals surface area contributed by atoms with Gasteiger partial charge in [0.1, 0.15) is 11.5 Å². The maximum atomic E-state index is 14.3. The molecule has 0 aliphatic rings. The number of hydrogen-bond acceptors (Lipinski definition) is 2. The maximum Gasteiger partial charge on any atom is 0.150 e. The van der Waals surface area contributed by atoms with Crippen molar-refractivity contribution in [3.05, 3.63) is 59.2 Å². The molecule has 0 spiro atoms. The highest BCUT2D eigenvalue weighted by atomic mass is 19.1. The van der Waals surface area contributed by atoms with Crippen LogP contribution in [0.1, 0.15) is 18.1 Å². The third-order valence-electron chi connectivity index (χ3n) is 3.23. The number of rotatable bonds is 4. The molecule has 2 rings (SSSR count). The highest BCUT2D eigenvalue weighted by Gasteiger charge is 2.19. The SMILES string of the molecule is CCN(c1cccc(C)c1)c1c(F)cc(C(=N)N)cc1F. The molecule has 110 valence electrons. The Bertz CT molecular complexity index is 660. The van der Waals surface area contributed by atoms with Gasteiger partial charge in [-0.1, -0.05) is 12.1 Å². The molecular weight excluding hydrogens is 272 g/mol. The molecule has 0 unspecified atom stereocenters. The Morgan fingerprint density at radius 2 is 1.81 bits per heavy atom. The lowest BCUT2D eigenvalue weighted by atomic mass is 10.1. The first kappa shape index (κ1) is 15.0. The van der Waals surface area contributed by atoms with E-state index >= 15 is 0 Å². The van der Waals surface area contributed by atoms with Crippen molar-refractivity contribution in [2.75, 3.05) is 11.4 Å². The van der Waals surface area contributed by atoms with Gasteiger partial charge < -0.3 is 10.6 Å². The summed E-state index contributed by atoms with van der Waals surface area (Å²) < 4.78 is 28.5. The van der Waals surface area contributed by atoms with E-state index in [9.17, 15) is 8.78 Å². The highest BCUT2D eigenvalue weighted by molar-refractivity contribution is 5.95. The van der Waals surface area contributed by atoms with E-state index in [1.807, 2.05) is 32.0 Å². The molecule has 0 amide bonds. The molecule has 2 aromatic rings. The fraction of sp³-hybridized carbons (Fsp3) is 0.188. The molecule has 5 heteroatoms. The molecule has 0 saturated heterocycles. The van der Waals surface area contributed by atoms with Gasteiger partial charge in [-0.3, -0.25) is 5.41 Å². The Labute approximate surface area is 122 Å². The van der Waals surface area contributed by atoms with Crippen molar-refractivity contribution >= 4 is 17.2 Å². The van der Waals surface area contributed by atoms with E-state index in [1.54, 1.807) is 11.0 Å². The van der Waals surface area contributed by atoms with Crippen LogP contribution in [-0.4, -0.2) is 12.4 Å². The minimum Gasteiger partial charge on any atom is -0.384 e. The van der Waals surface area contributed by atoms with E-state index in [0.717, 1.165) is 17.7 Å². The van der Waals surface area contributed by atoms with E-state index in [-0.39, 0.29) is 17.1 Å². The molecule has 0 bridgehead atoms. The average Bonchev–Trinajstić information content (AvgIpc) is 2.42. The predicted octanol–water partition coefficient (Wildman–Crippen LogP) is 3.72. The zero-order valence-corrected chi connectivity index (χ0v) is 12.0. The Hall–Kier alpha value is -2.43. The number of aryl methyl sites for hydroxylation is 1. The van der Waals surface area contributed by atoms with Crippen molar-refractivity contribution in [1.82, 2.24) is 0 Å². The molecule has 0 aliphatic carbocycles. The summed E-state index contributed by atoms with van der Waals surface area (Å²) in [6, 6.07) is 9.59. The number of nitrogens with one attached hydrogen (secondary N) is 1. The zero-order chi connectivity index (χ0) is 15.6. The van der Waals surface area contributed by atoms with Crippen molar-refractivity contribution in [2.24, 2.45) is 5.73 Å². The summed E-state index contributed by atoms with van der Waals surface area (Å²) in [5.41, 5.74) is 6.90. The second kappa shape index (κ2) is 5.91. The van der Waals surface area contributed by atoms with Gasteiger partial charge in [0.25, 0.3) is 0 Å². The summed E-state index contributed by atoms with van der Waals surface area (Å²) in [6.07, 6.45) is 0. The standard InChI is InChI=1S/C16H17F2N3/c1-3-21(12-6-4-5-10(2)7-12)15-13(17)8-11(16(19)20)9-14(15)18/h4-9H,3H2,1-2H3,(H3,19,20). The molecule has 0 radical (unpaired) electrons. The molecule has 0 aromatic heterocycles. The molecule has 3 N–H and O–H groups in total. The maximum absolute atomic E-state index is 14.3. The van der Waals surface area contributed by atoms with Gasteiger partial charge in [0, 0.05) is 17.8 Å². The summed E-state index contributed by atoms with van der Waals surface area (Å²) >= 11 is 0. The molecule has 0 fully saturated rings. The topological polar surface area (TPSA) is 53.1 Å². The fourth-order valence-electron chi connectivity index (χ4n) is 2.24. The van der Waals surface area contributed by atoms with Crippen LogP contribution in [0.15, 0.2) is 36.4 Å². The zero-order valence-electron chi connectivity index (χ0n) is 12.0. The van der Waals surface area contributed by atoms with Gasteiger partial charge in [-0.05, 0) is 43.7 Å². The van der Waals surface area contributed by atoms with Crippen molar-refractivity contribution in [1.29, 1.82) is 5.41 Å². The lowest BCUT2D eigenvalue weighted by Gasteiger charge is -2.25. The number of halogens is 2. The van der Waals surface area contributed by atoms with Crippen LogP contribution in [0.5, 0.6) is 0 Å². The van der Waals surface area contributed by atoms with Gasteiger partial charge in [0.05, 0.1) is 0 Å². The molecule has 0 saturated carbocycles. The van der Waals surface area contributed by atoms with Crippen LogP contribution < -0.4 is 10.6 Å². The number of benzene rings is 2. The van der Waals surface area contributed by atoms with Gasteiger partial charge in [-0.25, -0.2) is 8.78 Å². The molecule has 2 aromatic carbocycles. The Morgan fingerprint density at radius 1 is 1.19 bits per heavy atom. The number of hydrogen-bond donors (Lipinski definition) is 2. The predicted molar refractivity (Wildman–Crippen MR) is 81.2 cm³/mol. The minimum atomic E-state index is -0.733. The highest BCUT2D eigenvalue weighted by Crippen LogP contribution is 2.31. The normalized spacial score (nSPS) is 10.5. The summed E-state index contributed by atoms with van der Waals surface area (Å²) in [4.78, 5) is 1.56. The van der Waals surface area contributed by atoms with Gasteiger partial charge in [-0.2, -0.15) is 0 Å². The van der Waals surface area contributed by atoms with Crippen LogP contribution >= 0.6 is 0 Å². The first-order valence-electron chi connectivity index (χ1n) is 6.61. The van der Waals surface area contributed by atoms with Crippen LogP contribution in [0.2, 0.25) is 0 Å². The smallest absolute Gasteiger partial charge is 0.150 e. The third-order valence-corrected chi connectivity index (χ3v) is 3.23. The van der Waals surface area contributed by atoms with Crippen molar-refractivity contribution in [3.63, 3.8) is 0 Å². The van der Waals surface area contributed by atoms with Crippen LogP contribution in [0, 0.1) is 24.0 Å². The number of nitrogens with zero attached hydrogens (tertiary/aromatic N) is 1. The second-order valence-electron chi connectivity index (χ2n) is 4.79. The van der Waals surface area contributed by atoms with Gasteiger partial charge >= 0.3 is 0 Å². The van der Waals surface area contributed by atoms with Crippen molar-refractivity contribution in [2.45, 2.75) is 13.8 Å². The lowest BCUT2D eigenvalue weighted by Crippen LogP contribution is -2.20. The number of amidine groups is 1.